The Kier molecular flexibility index (Phi) is 5.25. The number of hydrogen-bond acceptors (Lipinski definition) is 7. The Labute approximate surface area is 175 Å². The van der Waals surface area contributed by atoms with Gasteiger partial charge in [0.25, 0.3) is 11.2 Å². The average molecular weight is 428 g/mol. The van der Waals surface area contributed by atoms with Crippen LogP contribution in [0.15, 0.2) is 23.0 Å². The number of nitro groups is 1. The quantitative estimate of drug-likeness (QED) is 0.493. The Bertz CT molecular complexity index is 1230. The van der Waals surface area contributed by atoms with Crippen molar-refractivity contribution >= 4 is 38.8 Å². The van der Waals surface area contributed by atoms with E-state index in [0.29, 0.717) is 21.8 Å². The number of nitro benzene ring substituents is 1. The third-order valence-corrected chi connectivity index (χ3v) is 6.43. The summed E-state index contributed by atoms with van der Waals surface area (Å²) >= 11 is 1.56. The number of nitrogens with zero attached hydrogens (tertiary/aromatic N) is 3. The third-order valence-electron chi connectivity index (χ3n) is 5.24. The molecule has 0 radical (unpaired) electrons. The van der Waals surface area contributed by atoms with Gasteiger partial charge in [0.1, 0.15) is 28.6 Å². The fraction of sp³-hybridized carbons (Fsp3) is 0.350. The van der Waals surface area contributed by atoms with Gasteiger partial charge in [-0.1, -0.05) is 0 Å². The summed E-state index contributed by atoms with van der Waals surface area (Å²) in [6, 6.07) is 4.16. The highest BCUT2D eigenvalue weighted by molar-refractivity contribution is 7.18. The Morgan fingerprint density at radius 1 is 1.37 bits per heavy atom. The van der Waals surface area contributed by atoms with Crippen LogP contribution < -0.4 is 15.6 Å². The minimum Gasteiger partial charge on any atom is -0.496 e. The summed E-state index contributed by atoms with van der Waals surface area (Å²) in [5, 5.41) is 14.5. The van der Waals surface area contributed by atoms with Gasteiger partial charge in [0.05, 0.1) is 23.5 Å². The molecule has 0 fully saturated rings. The molecular formula is C20H20N4O5S. The summed E-state index contributed by atoms with van der Waals surface area (Å²) < 4.78 is 6.33. The molecule has 0 atom stereocenters. The Morgan fingerprint density at radius 2 is 2.13 bits per heavy atom. The van der Waals surface area contributed by atoms with Crippen molar-refractivity contribution in [1.29, 1.82) is 0 Å². The summed E-state index contributed by atoms with van der Waals surface area (Å²) in [7, 11) is 1.40. The molecule has 0 unspecified atom stereocenters. The molecule has 4 rings (SSSR count). The Balaban J connectivity index is 1.66. The van der Waals surface area contributed by atoms with Crippen LogP contribution in [-0.4, -0.2) is 27.5 Å². The van der Waals surface area contributed by atoms with E-state index in [1.165, 1.54) is 34.8 Å². The number of aromatic nitrogens is 2. The van der Waals surface area contributed by atoms with Crippen molar-refractivity contribution in [2.75, 3.05) is 12.4 Å². The molecule has 1 aromatic carbocycles. The summed E-state index contributed by atoms with van der Waals surface area (Å²) in [6.07, 6.45) is 3.94. The summed E-state index contributed by atoms with van der Waals surface area (Å²) in [5.74, 6) is 0.202. The number of methoxy groups -OCH3 is 1. The maximum absolute atomic E-state index is 13.2. The lowest BCUT2D eigenvalue weighted by atomic mass is 9.97. The molecular weight excluding hydrogens is 408 g/mol. The number of carbonyl (C=O) groups is 1. The van der Waals surface area contributed by atoms with Crippen molar-refractivity contribution in [3.8, 4) is 5.75 Å². The predicted octanol–water partition coefficient (Wildman–Crippen LogP) is 3.20. The van der Waals surface area contributed by atoms with Gasteiger partial charge >= 0.3 is 0 Å². The first kappa shape index (κ1) is 20.0. The lowest BCUT2D eigenvalue weighted by Gasteiger charge is -2.12. The largest absolute Gasteiger partial charge is 0.496 e. The number of hydrogen-bond donors (Lipinski definition) is 1. The second-order valence-electron chi connectivity index (χ2n) is 7.13. The van der Waals surface area contributed by atoms with Crippen LogP contribution in [0.4, 0.5) is 11.4 Å². The van der Waals surface area contributed by atoms with E-state index >= 15 is 0 Å². The molecule has 1 aliphatic carbocycles. The molecule has 1 aliphatic rings. The van der Waals surface area contributed by atoms with Crippen LogP contribution in [-0.2, 0) is 24.2 Å². The van der Waals surface area contributed by atoms with Gasteiger partial charge in [-0.05, 0) is 50.3 Å². The number of anilines is 1. The lowest BCUT2D eigenvalue weighted by Crippen LogP contribution is -2.30. The molecule has 0 aliphatic heterocycles. The number of benzene rings is 1. The number of thiophene rings is 1. The van der Waals surface area contributed by atoms with Crippen LogP contribution >= 0.6 is 11.3 Å². The van der Waals surface area contributed by atoms with Crippen LogP contribution in [0.3, 0.4) is 0 Å². The SMILES string of the molecule is COc1ccc(NC(=O)Cn2c(C)nc3sc4c(c3c2=O)CCCC4)c([N+](=O)[O-])c1. The van der Waals surface area contributed by atoms with Crippen LogP contribution in [0.25, 0.3) is 10.2 Å². The maximum atomic E-state index is 13.2. The topological polar surface area (TPSA) is 116 Å². The van der Waals surface area contributed by atoms with Gasteiger partial charge in [-0.15, -0.1) is 11.3 Å². The number of rotatable bonds is 5. The molecule has 0 saturated carbocycles. The monoisotopic (exact) mass is 428 g/mol. The Morgan fingerprint density at radius 3 is 2.87 bits per heavy atom. The van der Waals surface area contributed by atoms with E-state index in [1.807, 2.05) is 0 Å². The molecule has 3 aromatic rings. The number of ether oxygens (including phenoxy) is 1. The second-order valence-corrected chi connectivity index (χ2v) is 8.21. The van der Waals surface area contributed by atoms with Gasteiger partial charge in [-0.25, -0.2) is 4.98 Å². The number of fused-ring (bicyclic) bond motifs is 3. The molecule has 10 heteroatoms. The minimum atomic E-state index is -0.596. The fourth-order valence-electron chi connectivity index (χ4n) is 3.75. The zero-order chi connectivity index (χ0) is 21.4. The first-order chi connectivity index (χ1) is 14.4. The van der Waals surface area contributed by atoms with Crippen molar-refractivity contribution in [3.63, 3.8) is 0 Å². The van der Waals surface area contributed by atoms with Gasteiger partial charge in [0.2, 0.25) is 5.91 Å². The maximum Gasteiger partial charge on any atom is 0.296 e. The van der Waals surface area contributed by atoms with Gasteiger partial charge < -0.3 is 10.1 Å². The van der Waals surface area contributed by atoms with E-state index in [4.69, 9.17) is 4.74 Å². The van der Waals surface area contributed by atoms with Crippen molar-refractivity contribution in [1.82, 2.24) is 9.55 Å². The van der Waals surface area contributed by atoms with Crippen LogP contribution in [0.2, 0.25) is 0 Å². The van der Waals surface area contributed by atoms with Gasteiger partial charge in [-0.2, -0.15) is 0 Å². The highest BCUT2D eigenvalue weighted by atomic mass is 32.1. The van der Waals surface area contributed by atoms with Crippen LogP contribution in [0.5, 0.6) is 5.75 Å². The highest BCUT2D eigenvalue weighted by Gasteiger charge is 2.23. The smallest absolute Gasteiger partial charge is 0.296 e. The molecule has 2 heterocycles. The van der Waals surface area contributed by atoms with E-state index in [1.54, 1.807) is 18.3 Å². The zero-order valence-corrected chi connectivity index (χ0v) is 17.4. The van der Waals surface area contributed by atoms with Gasteiger partial charge in [0, 0.05) is 4.88 Å². The van der Waals surface area contributed by atoms with E-state index < -0.39 is 10.8 Å². The summed E-state index contributed by atoms with van der Waals surface area (Å²) in [5.41, 5.74) is 0.570. The molecule has 30 heavy (non-hydrogen) atoms. The standard InChI is InChI=1S/C20H20N4O5S/c1-11-21-19-18(13-5-3-4-6-16(13)30-19)20(26)23(11)10-17(25)22-14-8-7-12(29-2)9-15(14)24(27)28/h7-9H,3-6,10H2,1-2H3,(H,22,25). The van der Waals surface area contributed by atoms with E-state index in [-0.39, 0.29) is 23.5 Å². The molecule has 1 amide bonds. The molecule has 1 N–H and O–H groups in total. The normalized spacial score (nSPS) is 13.1. The zero-order valence-electron chi connectivity index (χ0n) is 16.6. The fourth-order valence-corrected chi connectivity index (χ4v) is 5.05. The van der Waals surface area contributed by atoms with Crippen LogP contribution in [0.1, 0.15) is 29.1 Å². The first-order valence-electron chi connectivity index (χ1n) is 9.53. The summed E-state index contributed by atoms with van der Waals surface area (Å²) in [4.78, 5) is 43.0. The van der Waals surface area contributed by atoms with Crippen molar-refractivity contribution < 1.29 is 14.5 Å². The van der Waals surface area contributed by atoms with E-state index in [2.05, 4.69) is 10.3 Å². The van der Waals surface area contributed by atoms with Crippen molar-refractivity contribution in [2.45, 2.75) is 39.2 Å². The van der Waals surface area contributed by atoms with E-state index in [0.717, 1.165) is 31.2 Å². The molecule has 0 saturated heterocycles. The molecule has 0 spiro atoms. The molecule has 2 aromatic heterocycles. The van der Waals surface area contributed by atoms with Crippen molar-refractivity contribution in [2.24, 2.45) is 0 Å². The second kappa shape index (κ2) is 7.86. The third kappa shape index (κ3) is 3.54. The highest BCUT2D eigenvalue weighted by Crippen LogP contribution is 2.34. The van der Waals surface area contributed by atoms with Crippen molar-refractivity contribution in [3.05, 3.63) is 54.9 Å². The Hall–Kier alpha value is -3.27. The number of carbonyl (C=O) groups excluding carboxylic acids is 1. The van der Waals surface area contributed by atoms with Gasteiger partial charge in [-0.3, -0.25) is 24.3 Å². The predicted molar refractivity (Wildman–Crippen MR) is 114 cm³/mol. The lowest BCUT2D eigenvalue weighted by molar-refractivity contribution is -0.384. The number of aryl methyl sites for hydroxylation is 3. The average Bonchev–Trinajstić information content (AvgIpc) is 3.09. The number of nitrogens with one attached hydrogen (secondary N) is 1. The molecule has 0 bridgehead atoms. The first-order valence-corrected chi connectivity index (χ1v) is 10.3. The molecule has 156 valence electrons. The number of amides is 1. The van der Waals surface area contributed by atoms with E-state index in [9.17, 15) is 19.7 Å². The van der Waals surface area contributed by atoms with Gasteiger partial charge in [0.15, 0.2) is 0 Å². The van der Waals surface area contributed by atoms with Crippen LogP contribution in [0, 0.1) is 17.0 Å². The minimum absolute atomic E-state index is 0.0402. The summed E-state index contributed by atoms with van der Waals surface area (Å²) in [6.45, 7) is 1.41. The molecule has 9 nitrogen and oxygen atoms in total.